The number of rotatable bonds is 13. The van der Waals surface area contributed by atoms with E-state index in [1.54, 1.807) is 48.5 Å². The number of ketones is 1. The molecule has 0 saturated carbocycles. The molecule has 2 aliphatic heterocycles. The number of Topliss-reactive ketones (excluding diaryl/α,β-unsaturated/α-hetero) is 1. The fourth-order valence-electron chi connectivity index (χ4n) is 5.39. The molecule has 3 heterocycles. The molecule has 1 aromatic heterocycles. The number of hydrogen-bond donors (Lipinski definition) is 1. The molecular weight excluding hydrogens is 658 g/mol. The number of anilines is 1. The summed E-state index contributed by atoms with van der Waals surface area (Å²) in [6.45, 7) is 5.58. The number of amides is 1. The van der Waals surface area contributed by atoms with E-state index in [9.17, 15) is 19.1 Å². The summed E-state index contributed by atoms with van der Waals surface area (Å²) in [4.78, 5) is 28.9. The molecule has 0 spiro atoms. The van der Waals surface area contributed by atoms with Crippen LogP contribution in [0, 0.1) is 5.82 Å². The Hall–Kier alpha value is -4.62. The largest absolute Gasteiger partial charge is 0.507 e. The smallest absolute Gasteiger partial charge is 0.301 e. The SMILES string of the molecule is CCCCCOc1ccc([C@H]2C(=C(O)c3ccc4c(c3)OCCO4)C(=O)C(=O)N2c2nnc(SCc3ccc(F)cc3)s2)cc1OCC. The van der Waals surface area contributed by atoms with Crippen molar-refractivity contribution < 1.29 is 38.0 Å². The number of fused-ring (bicyclic) bond motifs is 1. The van der Waals surface area contributed by atoms with Crippen LogP contribution in [0.4, 0.5) is 9.52 Å². The van der Waals surface area contributed by atoms with Gasteiger partial charge in [0.05, 0.1) is 24.8 Å². The summed E-state index contributed by atoms with van der Waals surface area (Å²) < 4.78 is 37.2. The number of ether oxygens (including phenoxy) is 4. The molecule has 0 unspecified atom stereocenters. The Kier molecular flexibility index (Phi) is 10.5. The minimum Gasteiger partial charge on any atom is -0.507 e. The maximum Gasteiger partial charge on any atom is 0.301 e. The van der Waals surface area contributed by atoms with E-state index in [0.717, 1.165) is 36.2 Å². The number of hydrogen-bond acceptors (Lipinski definition) is 11. The van der Waals surface area contributed by atoms with Crippen LogP contribution in [-0.4, -0.2) is 53.4 Å². The molecule has 6 rings (SSSR count). The van der Waals surface area contributed by atoms with Gasteiger partial charge in [0.1, 0.15) is 24.8 Å². The summed E-state index contributed by atoms with van der Waals surface area (Å²) in [7, 11) is 0. The molecular formula is C35H34FN3O7S2. The standard InChI is InChI=1S/C35H34FN3O7S2/c1-3-5-6-15-44-25-13-9-22(18-27(25)43-4-2)30-29(31(40)23-10-14-26-28(19-23)46-17-16-45-26)32(41)33(42)39(30)34-37-38-35(48-34)47-20-21-7-11-24(36)12-8-21/h7-14,18-19,30,40H,3-6,15-17,20H2,1-2H3/t30-/m0/s1. The van der Waals surface area contributed by atoms with Crippen LogP contribution in [0.5, 0.6) is 23.0 Å². The van der Waals surface area contributed by atoms with Crippen LogP contribution in [0.1, 0.15) is 55.8 Å². The Bertz CT molecular complexity index is 1830. The normalized spacial score (nSPS) is 16.7. The summed E-state index contributed by atoms with van der Waals surface area (Å²) in [6, 6.07) is 15.2. The maximum absolute atomic E-state index is 13.8. The monoisotopic (exact) mass is 691 g/mol. The average Bonchev–Trinajstić information content (AvgIpc) is 3.68. The van der Waals surface area contributed by atoms with Crippen LogP contribution in [0.3, 0.4) is 0 Å². The van der Waals surface area contributed by atoms with E-state index in [0.29, 0.717) is 65.1 Å². The van der Waals surface area contributed by atoms with E-state index >= 15 is 0 Å². The number of carbonyl (C=O) groups excluding carboxylic acids is 2. The molecule has 250 valence electrons. The second-order valence-electron chi connectivity index (χ2n) is 11.0. The van der Waals surface area contributed by atoms with Crippen LogP contribution in [-0.2, 0) is 15.3 Å². The number of thioether (sulfide) groups is 1. The Balaban J connectivity index is 1.40. The number of aliphatic hydroxyl groups is 1. The van der Waals surface area contributed by atoms with E-state index in [1.807, 2.05) is 6.92 Å². The van der Waals surface area contributed by atoms with Gasteiger partial charge in [0.15, 0.2) is 27.3 Å². The summed E-state index contributed by atoms with van der Waals surface area (Å²) in [5.74, 6) is 0.00236. The van der Waals surface area contributed by atoms with Gasteiger partial charge in [-0.3, -0.25) is 14.5 Å². The first-order valence-corrected chi connectivity index (χ1v) is 17.5. The van der Waals surface area contributed by atoms with Gasteiger partial charge >= 0.3 is 5.91 Å². The number of carbonyl (C=O) groups is 2. The van der Waals surface area contributed by atoms with Crippen molar-refractivity contribution in [3.63, 3.8) is 0 Å². The number of nitrogens with zero attached hydrogens (tertiary/aromatic N) is 3. The molecule has 1 amide bonds. The summed E-state index contributed by atoms with van der Waals surface area (Å²) in [5.41, 5.74) is 1.56. The molecule has 10 nitrogen and oxygen atoms in total. The number of aliphatic hydroxyl groups excluding tert-OH is 1. The molecule has 0 radical (unpaired) electrons. The molecule has 3 aromatic carbocycles. The van der Waals surface area contributed by atoms with E-state index in [2.05, 4.69) is 17.1 Å². The number of aromatic nitrogens is 2. The third kappa shape index (κ3) is 7.12. The van der Waals surface area contributed by atoms with Gasteiger partial charge in [0, 0.05) is 11.3 Å². The lowest BCUT2D eigenvalue weighted by molar-refractivity contribution is -0.132. The predicted molar refractivity (Wildman–Crippen MR) is 181 cm³/mol. The summed E-state index contributed by atoms with van der Waals surface area (Å²) >= 11 is 2.51. The van der Waals surface area contributed by atoms with E-state index in [4.69, 9.17) is 18.9 Å². The van der Waals surface area contributed by atoms with Crippen molar-refractivity contribution in [2.24, 2.45) is 0 Å². The van der Waals surface area contributed by atoms with Crippen molar-refractivity contribution in [3.8, 4) is 23.0 Å². The highest BCUT2D eigenvalue weighted by molar-refractivity contribution is 8.00. The van der Waals surface area contributed by atoms with Gasteiger partial charge in [-0.1, -0.05) is 61.1 Å². The minimum atomic E-state index is -1.06. The van der Waals surface area contributed by atoms with Crippen molar-refractivity contribution in [3.05, 3.63) is 88.7 Å². The van der Waals surface area contributed by atoms with Crippen molar-refractivity contribution in [2.45, 2.75) is 49.2 Å². The lowest BCUT2D eigenvalue weighted by Gasteiger charge is -2.24. The number of halogens is 1. The first-order valence-electron chi connectivity index (χ1n) is 15.7. The Morgan fingerprint density at radius 1 is 0.979 bits per heavy atom. The van der Waals surface area contributed by atoms with Crippen molar-refractivity contribution in [1.29, 1.82) is 0 Å². The summed E-state index contributed by atoms with van der Waals surface area (Å²) in [5, 5.41) is 20.4. The van der Waals surface area contributed by atoms with Gasteiger partial charge in [-0.2, -0.15) is 0 Å². The summed E-state index contributed by atoms with van der Waals surface area (Å²) in [6.07, 6.45) is 2.97. The quantitative estimate of drug-likeness (QED) is 0.0381. The molecule has 1 N–H and O–H groups in total. The lowest BCUT2D eigenvalue weighted by atomic mass is 9.95. The van der Waals surface area contributed by atoms with Gasteiger partial charge in [0.2, 0.25) is 5.13 Å². The van der Waals surface area contributed by atoms with Crippen molar-refractivity contribution in [1.82, 2.24) is 10.2 Å². The minimum absolute atomic E-state index is 0.119. The number of benzene rings is 3. The Morgan fingerprint density at radius 2 is 1.77 bits per heavy atom. The zero-order valence-corrected chi connectivity index (χ0v) is 28.1. The Morgan fingerprint density at radius 3 is 2.54 bits per heavy atom. The van der Waals surface area contributed by atoms with E-state index in [-0.39, 0.29) is 27.8 Å². The Labute approximate surface area is 285 Å². The maximum atomic E-state index is 13.8. The van der Waals surface area contributed by atoms with Crippen LogP contribution in [0.15, 0.2) is 70.6 Å². The highest BCUT2D eigenvalue weighted by Gasteiger charge is 2.48. The molecule has 13 heteroatoms. The fraction of sp³-hybridized carbons (Fsp3) is 0.314. The van der Waals surface area contributed by atoms with Gasteiger partial charge in [-0.15, -0.1) is 10.2 Å². The van der Waals surface area contributed by atoms with E-state index in [1.165, 1.54) is 28.8 Å². The topological polar surface area (TPSA) is 120 Å². The molecule has 2 aliphatic rings. The van der Waals surface area contributed by atoms with Crippen LogP contribution in [0.2, 0.25) is 0 Å². The average molecular weight is 692 g/mol. The number of unbranched alkanes of at least 4 members (excludes halogenated alkanes) is 2. The predicted octanol–water partition coefficient (Wildman–Crippen LogP) is 7.33. The zero-order chi connectivity index (χ0) is 33.6. The zero-order valence-electron chi connectivity index (χ0n) is 26.4. The van der Waals surface area contributed by atoms with Gasteiger partial charge in [-0.25, -0.2) is 4.39 Å². The highest BCUT2D eigenvalue weighted by Crippen LogP contribution is 2.46. The van der Waals surface area contributed by atoms with Crippen LogP contribution < -0.4 is 23.8 Å². The lowest BCUT2D eigenvalue weighted by Crippen LogP contribution is -2.29. The van der Waals surface area contributed by atoms with E-state index < -0.39 is 17.7 Å². The molecule has 1 saturated heterocycles. The third-order valence-corrected chi connectivity index (χ3v) is 9.85. The first kappa shape index (κ1) is 33.3. The van der Waals surface area contributed by atoms with Gasteiger partial charge < -0.3 is 24.1 Å². The van der Waals surface area contributed by atoms with Crippen LogP contribution >= 0.6 is 23.1 Å². The van der Waals surface area contributed by atoms with Gasteiger partial charge in [0.25, 0.3) is 5.78 Å². The fourth-order valence-corrected chi connectivity index (χ4v) is 7.22. The molecule has 1 fully saturated rings. The molecule has 0 aliphatic carbocycles. The second-order valence-corrected chi connectivity index (χ2v) is 13.2. The molecule has 1 atom stereocenters. The second kappa shape index (κ2) is 15.1. The molecule has 4 aromatic rings. The van der Waals surface area contributed by atoms with Crippen molar-refractivity contribution >= 4 is 45.7 Å². The van der Waals surface area contributed by atoms with Gasteiger partial charge in [-0.05, 0) is 66.9 Å². The van der Waals surface area contributed by atoms with Crippen molar-refractivity contribution in [2.75, 3.05) is 31.3 Å². The molecule has 0 bridgehead atoms. The third-order valence-electron chi connectivity index (χ3n) is 7.73. The van der Waals surface area contributed by atoms with Crippen LogP contribution in [0.25, 0.3) is 5.76 Å². The molecule has 48 heavy (non-hydrogen) atoms. The highest BCUT2D eigenvalue weighted by atomic mass is 32.2. The first-order chi connectivity index (χ1) is 23.4.